The van der Waals surface area contributed by atoms with Crippen LogP contribution in [0.1, 0.15) is 6.92 Å². The molecule has 0 radical (unpaired) electrons. The van der Waals surface area contributed by atoms with Gasteiger partial charge in [0.05, 0.1) is 0 Å². The zero-order valence-corrected chi connectivity index (χ0v) is 11.9. The predicted molar refractivity (Wildman–Crippen MR) is 81.1 cm³/mol. The summed E-state index contributed by atoms with van der Waals surface area (Å²) < 4.78 is 0. The molecule has 3 nitrogen and oxygen atoms in total. The summed E-state index contributed by atoms with van der Waals surface area (Å²) >= 11 is 6.26. The number of anilines is 1. The number of benzene rings is 1. The van der Waals surface area contributed by atoms with Crippen LogP contribution in [0.25, 0.3) is 10.8 Å². The first-order chi connectivity index (χ1) is 9.29. The molecule has 0 spiro atoms. The van der Waals surface area contributed by atoms with Crippen LogP contribution in [0.15, 0.2) is 30.5 Å². The molecule has 1 saturated heterocycles. The molecule has 3 rings (SSSR count). The summed E-state index contributed by atoms with van der Waals surface area (Å²) in [5.74, 6) is 1.07. The van der Waals surface area contributed by atoms with E-state index < -0.39 is 0 Å². The van der Waals surface area contributed by atoms with E-state index in [2.05, 4.69) is 27.8 Å². The van der Waals surface area contributed by atoms with Crippen LogP contribution in [-0.4, -0.2) is 42.6 Å². The minimum atomic E-state index is 0.799. The highest BCUT2D eigenvalue weighted by molar-refractivity contribution is 6.35. The number of hydrogen-bond donors (Lipinski definition) is 0. The van der Waals surface area contributed by atoms with E-state index in [1.165, 1.54) is 0 Å². The van der Waals surface area contributed by atoms with Gasteiger partial charge in [-0.25, -0.2) is 4.98 Å². The van der Waals surface area contributed by atoms with E-state index in [0.29, 0.717) is 0 Å². The number of aromatic nitrogens is 1. The second-order valence-electron chi connectivity index (χ2n) is 4.89. The molecule has 100 valence electrons. The van der Waals surface area contributed by atoms with Crippen molar-refractivity contribution in [2.24, 2.45) is 0 Å². The lowest BCUT2D eigenvalue weighted by molar-refractivity contribution is 0.271. The summed E-state index contributed by atoms with van der Waals surface area (Å²) in [5, 5.41) is 3.04. The second-order valence-corrected chi connectivity index (χ2v) is 5.30. The number of hydrogen-bond acceptors (Lipinski definition) is 3. The molecule has 1 aromatic heterocycles. The molecule has 0 N–H and O–H groups in total. The molecule has 0 aliphatic carbocycles. The van der Waals surface area contributed by atoms with Crippen molar-refractivity contribution in [1.82, 2.24) is 9.88 Å². The van der Waals surface area contributed by atoms with Crippen LogP contribution < -0.4 is 4.90 Å². The van der Waals surface area contributed by atoms with E-state index in [1.807, 2.05) is 24.4 Å². The van der Waals surface area contributed by atoms with E-state index in [4.69, 9.17) is 11.6 Å². The van der Waals surface area contributed by atoms with Gasteiger partial charge >= 0.3 is 0 Å². The highest BCUT2D eigenvalue weighted by atomic mass is 35.5. The van der Waals surface area contributed by atoms with Gasteiger partial charge in [0.25, 0.3) is 0 Å². The van der Waals surface area contributed by atoms with Gasteiger partial charge in [0.15, 0.2) is 0 Å². The molecule has 1 aromatic carbocycles. The largest absolute Gasteiger partial charge is 0.354 e. The predicted octanol–water partition coefficient (Wildman–Crippen LogP) is 3.03. The zero-order chi connectivity index (χ0) is 13.2. The number of fused-ring (bicyclic) bond motifs is 1. The lowest BCUT2D eigenvalue weighted by atomic mass is 10.1. The van der Waals surface area contributed by atoms with Crippen LogP contribution in [0.5, 0.6) is 0 Å². The summed E-state index contributed by atoms with van der Waals surface area (Å²) in [7, 11) is 0. The summed E-state index contributed by atoms with van der Waals surface area (Å²) in [6.07, 6.45) is 1.86. The van der Waals surface area contributed by atoms with Gasteiger partial charge in [-0.3, -0.25) is 0 Å². The Balaban J connectivity index is 1.95. The number of rotatable bonds is 2. The van der Waals surface area contributed by atoms with Crippen LogP contribution in [-0.2, 0) is 0 Å². The summed E-state index contributed by atoms with van der Waals surface area (Å²) in [6, 6.07) is 8.03. The van der Waals surface area contributed by atoms with Crippen LogP contribution >= 0.6 is 11.6 Å². The third-order valence-corrected chi connectivity index (χ3v) is 4.18. The topological polar surface area (TPSA) is 19.4 Å². The summed E-state index contributed by atoms with van der Waals surface area (Å²) in [5.41, 5.74) is 0. The zero-order valence-electron chi connectivity index (χ0n) is 11.1. The molecule has 0 bridgehead atoms. The Morgan fingerprint density at radius 1 is 1.11 bits per heavy atom. The number of likely N-dealkylation sites (N-methyl/N-ethyl adjacent to an activating group) is 1. The van der Waals surface area contributed by atoms with Gasteiger partial charge in [0.1, 0.15) is 5.82 Å². The lowest BCUT2D eigenvalue weighted by Gasteiger charge is -2.35. The smallest absolute Gasteiger partial charge is 0.136 e. The normalized spacial score (nSPS) is 17.1. The maximum Gasteiger partial charge on any atom is 0.136 e. The Kier molecular flexibility index (Phi) is 3.58. The first-order valence-electron chi connectivity index (χ1n) is 6.80. The van der Waals surface area contributed by atoms with Crippen molar-refractivity contribution in [1.29, 1.82) is 0 Å². The summed E-state index contributed by atoms with van der Waals surface area (Å²) in [4.78, 5) is 9.40. The van der Waals surface area contributed by atoms with Gasteiger partial charge in [0, 0.05) is 48.2 Å². The Morgan fingerprint density at radius 2 is 1.89 bits per heavy atom. The van der Waals surface area contributed by atoms with E-state index >= 15 is 0 Å². The van der Waals surface area contributed by atoms with Crippen LogP contribution in [0.4, 0.5) is 5.82 Å². The molecule has 2 heterocycles. The molecular weight excluding hydrogens is 258 g/mol. The molecule has 2 aromatic rings. The average molecular weight is 276 g/mol. The second kappa shape index (κ2) is 5.35. The molecule has 0 saturated carbocycles. The van der Waals surface area contributed by atoms with Crippen molar-refractivity contribution in [3.05, 3.63) is 35.5 Å². The van der Waals surface area contributed by atoms with Crippen LogP contribution in [0, 0.1) is 0 Å². The molecule has 0 amide bonds. The fourth-order valence-corrected chi connectivity index (χ4v) is 2.92. The van der Waals surface area contributed by atoms with Crippen molar-refractivity contribution >= 4 is 28.2 Å². The molecule has 0 unspecified atom stereocenters. The summed E-state index contributed by atoms with van der Waals surface area (Å²) in [6.45, 7) is 7.62. The third kappa shape index (κ3) is 2.40. The quantitative estimate of drug-likeness (QED) is 0.840. The van der Waals surface area contributed by atoms with Gasteiger partial charge in [-0.1, -0.05) is 30.7 Å². The highest BCUT2D eigenvalue weighted by Crippen LogP contribution is 2.29. The van der Waals surface area contributed by atoms with E-state index in [1.54, 1.807) is 0 Å². The molecule has 1 aliphatic rings. The molecule has 19 heavy (non-hydrogen) atoms. The van der Waals surface area contributed by atoms with Gasteiger partial charge in [0.2, 0.25) is 0 Å². The van der Waals surface area contributed by atoms with Gasteiger partial charge in [-0.05, 0) is 18.7 Å². The lowest BCUT2D eigenvalue weighted by Crippen LogP contribution is -2.46. The van der Waals surface area contributed by atoms with Crippen LogP contribution in [0.3, 0.4) is 0 Å². The fraction of sp³-hybridized carbons (Fsp3) is 0.400. The first kappa shape index (κ1) is 12.7. The van der Waals surface area contributed by atoms with E-state index in [0.717, 1.165) is 54.3 Å². The number of halogens is 1. The van der Waals surface area contributed by atoms with Gasteiger partial charge < -0.3 is 9.80 Å². The average Bonchev–Trinajstić information content (AvgIpc) is 2.47. The molecular formula is C15H18ClN3. The molecule has 1 aliphatic heterocycles. The van der Waals surface area contributed by atoms with Crippen LogP contribution in [0.2, 0.25) is 5.02 Å². The Labute approximate surface area is 118 Å². The number of nitrogens with zero attached hydrogens (tertiary/aromatic N) is 3. The molecule has 1 fully saturated rings. The molecule has 0 atom stereocenters. The first-order valence-corrected chi connectivity index (χ1v) is 7.18. The van der Waals surface area contributed by atoms with Gasteiger partial charge in [-0.15, -0.1) is 0 Å². The van der Waals surface area contributed by atoms with Crippen molar-refractivity contribution < 1.29 is 0 Å². The standard InChI is InChI=1S/C15H18ClN3/c1-2-18-8-10-19(11-9-18)15-13-4-3-5-14(16)12(13)6-7-17-15/h3-7H,2,8-11H2,1H3. The molecule has 4 heteroatoms. The van der Waals surface area contributed by atoms with Crippen molar-refractivity contribution in [3.8, 4) is 0 Å². The van der Waals surface area contributed by atoms with Crippen molar-refractivity contribution in [3.63, 3.8) is 0 Å². The Bertz CT molecular complexity index is 577. The highest BCUT2D eigenvalue weighted by Gasteiger charge is 2.18. The maximum absolute atomic E-state index is 6.26. The van der Waals surface area contributed by atoms with E-state index in [-0.39, 0.29) is 0 Å². The Hall–Kier alpha value is -1.32. The minimum absolute atomic E-state index is 0.799. The Morgan fingerprint density at radius 3 is 2.63 bits per heavy atom. The number of pyridine rings is 1. The fourth-order valence-electron chi connectivity index (χ4n) is 2.68. The van der Waals surface area contributed by atoms with Gasteiger partial charge in [-0.2, -0.15) is 0 Å². The SMILES string of the molecule is CCN1CCN(c2nccc3c(Cl)cccc23)CC1. The minimum Gasteiger partial charge on any atom is -0.354 e. The monoisotopic (exact) mass is 275 g/mol. The maximum atomic E-state index is 6.26. The third-order valence-electron chi connectivity index (χ3n) is 3.85. The van der Waals surface area contributed by atoms with Crippen molar-refractivity contribution in [2.45, 2.75) is 6.92 Å². The van der Waals surface area contributed by atoms with Crippen molar-refractivity contribution in [2.75, 3.05) is 37.6 Å². The number of piperazine rings is 1. The van der Waals surface area contributed by atoms with E-state index in [9.17, 15) is 0 Å².